The molecule has 21 heavy (non-hydrogen) atoms. The van der Waals surface area contributed by atoms with Gasteiger partial charge in [-0.2, -0.15) is 0 Å². The zero-order valence-electron chi connectivity index (χ0n) is 12.3. The molecule has 2 aromatic rings. The van der Waals surface area contributed by atoms with Gasteiger partial charge in [0, 0.05) is 12.0 Å². The Kier molecular flexibility index (Phi) is 4.26. The van der Waals surface area contributed by atoms with Crippen LogP contribution in [0.25, 0.3) is 0 Å². The summed E-state index contributed by atoms with van der Waals surface area (Å²) in [6.45, 7) is 0. The molecule has 0 bridgehead atoms. The van der Waals surface area contributed by atoms with E-state index >= 15 is 0 Å². The molecule has 1 aliphatic carbocycles. The van der Waals surface area contributed by atoms with E-state index in [1.165, 1.54) is 16.7 Å². The first kappa shape index (κ1) is 14.9. The lowest BCUT2D eigenvalue weighted by Gasteiger charge is -2.35. The lowest BCUT2D eigenvalue weighted by molar-refractivity contribution is 0.258. The van der Waals surface area contributed by atoms with Gasteiger partial charge in [0.1, 0.15) is 0 Å². The minimum Gasteiger partial charge on any atom is -0.306 e. The zero-order chi connectivity index (χ0) is 15.0. The molecule has 0 N–H and O–H groups in total. The van der Waals surface area contributed by atoms with Gasteiger partial charge in [-0.1, -0.05) is 53.5 Å². The van der Waals surface area contributed by atoms with E-state index in [1.54, 1.807) is 0 Å². The van der Waals surface area contributed by atoms with Crippen molar-refractivity contribution in [2.75, 3.05) is 14.1 Å². The molecule has 0 heterocycles. The summed E-state index contributed by atoms with van der Waals surface area (Å²) in [5.74, 6) is 0.386. The number of benzene rings is 2. The number of hydrogen-bond donors (Lipinski definition) is 0. The Morgan fingerprint density at radius 2 is 1.76 bits per heavy atom. The molecule has 2 atom stereocenters. The van der Waals surface area contributed by atoms with E-state index in [2.05, 4.69) is 49.3 Å². The van der Waals surface area contributed by atoms with Crippen molar-refractivity contribution in [2.45, 2.75) is 24.8 Å². The van der Waals surface area contributed by atoms with Crippen molar-refractivity contribution in [3.8, 4) is 0 Å². The monoisotopic (exact) mass is 319 g/mol. The summed E-state index contributed by atoms with van der Waals surface area (Å²) in [6.07, 6.45) is 2.23. The molecular formula is C18H19Cl2N. The molecule has 0 aliphatic heterocycles. The summed E-state index contributed by atoms with van der Waals surface area (Å²) < 4.78 is 0. The number of rotatable bonds is 2. The van der Waals surface area contributed by atoms with Gasteiger partial charge in [-0.05, 0) is 55.8 Å². The fourth-order valence-electron chi connectivity index (χ4n) is 3.23. The van der Waals surface area contributed by atoms with Crippen LogP contribution in [-0.2, 0) is 6.42 Å². The maximum atomic E-state index is 6.22. The molecule has 1 nitrogen and oxygen atoms in total. The maximum Gasteiger partial charge on any atom is 0.0595 e. The SMILES string of the molecule is CN(C)[C@H]1Cc2ccccc2[C@H](c2ccc(Cl)c(Cl)c2)C1. The quantitative estimate of drug-likeness (QED) is 0.752. The summed E-state index contributed by atoms with van der Waals surface area (Å²) in [7, 11) is 4.31. The molecule has 0 fully saturated rings. The topological polar surface area (TPSA) is 3.24 Å². The van der Waals surface area contributed by atoms with Gasteiger partial charge in [-0.3, -0.25) is 0 Å². The van der Waals surface area contributed by atoms with Crippen LogP contribution in [0.4, 0.5) is 0 Å². The van der Waals surface area contributed by atoms with Gasteiger partial charge in [0.2, 0.25) is 0 Å². The van der Waals surface area contributed by atoms with Crippen molar-refractivity contribution in [3.63, 3.8) is 0 Å². The molecule has 0 aromatic heterocycles. The van der Waals surface area contributed by atoms with E-state index in [9.17, 15) is 0 Å². The fraction of sp³-hybridized carbons (Fsp3) is 0.333. The third kappa shape index (κ3) is 2.96. The molecular weight excluding hydrogens is 301 g/mol. The van der Waals surface area contributed by atoms with Gasteiger partial charge >= 0.3 is 0 Å². The van der Waals surface area contributed by atoms with Crippen molar-refractivity contribution in [1.29, 1.82) is 0 Å². The molecule has 3 rings (SSSR count). The zero-order valence-corrected chi connectivity index (χ0v) is 13.8. The van der Waals surface area contributed by atoms with Crippen molar-refractivity contribution in [2.24, 2.45) is 0 Å². The van der Waals surface area contributed by atoms with Crippen LogP contribution in [0.3, 0.4) is 0 Å². The van der Waals surface area contributed by atoms with Crippen LogP contribution in [0.2, 0.25) is 10.0 Å². The molecule has 0 saturated carbocycles. The van der Waals surface area contributed by atoms with E-state index in [4.69, 9.17) is 23.2 Å². The Labute approximate surface area is 136 Å². The average Bonchev–Trinajstić information content (AvgIpc) is 2.49. The molecule has 0 saturated heterocycles. The number of fused-ring (bicyclic) bond motifs is 1. The normalized spacial score (nSPS) is 21.4. The third-order valence-corrected chi connectivity index (χ3v) is 5.21. The van der Waals surface area contributed by atoms with Crippen LogP contribution < -0.4 is 0 Å². The van der Waals surface area contributed by atoms with E-state index in [1.807, 2.05) is 12.1 Å². The van der Waals surface area contributed by atoms with Crippen LogP contribution in [0.1, 0.15) is 29.0 Å². The fourth-order valence-corrected chi connectivity index (χ4v) is 3.54. The molecule has 0 spiro atoms. The van der Waals surface area contributed by atoms with Crippen molar-refractivity contribution in [3.05, 3.63) is 69.2 Å². The number of halogens is 2. The Morgan fingerprint density at radius 3 is 2.48 bits per heavy atom. The van der Waals surface area contributed by atoms with Crippen molar-refractivity contribution < 1.29 is 0 Å². The van der Waals surface area contributed by atoms with E-state index in [-0.39, 0.29) is 0 Å². The van der Waals surface area contributed by atoms with Crippen molar-refractivity contribution in [1.82, 2.24) is 4.90 Å². The highest BCUT2D eigenvalue weighted by Crippen LogP contribution is 2.39. The van der Waals surface area contributed by atoms with E-state index in [0.717, 1.165) is 12.8 Å². The third-order valence-electron chi connectivity index (χ3n) is 4.47. The molecule has 2 aromatic carbocycles. The molecule has 1 aliphatic rings. The van der Waals surface area contributed by atoms with Crippen molar-refractivity contribution >= 4 is 23.2 Å². The highest BCUT2D eigenvalue weighted by atomic mass is 35.5. The molecule has 0 radical (unpaired) electrons. The second-order valence-corrected chi connectivity index (χ2v) is 6.80. The lowest BCUT2D eigenvalue weighted by atomic mass is 9.76. The Hall–Kier alpha value is -1.02. The van der Waals surface area contributed by atoms with E-state index in [0.29, 0.717) is 22.0 Å². The van der Waals surface area contributed by atoms with Gasteiger partial charge in [-0.25, -0.2) is 0 Å². The van der Waals surface area contributed by atoms with Gasteiger partial charge in [-0.15, -0.1) is 0 Å². The van der Waals surface area contributed by atoms with Crippen LogP contribution in [0.15, 0.2) is 42.5 Å². The summed E-state index contributed by atoms with van der Waals surface area (Å²) in [6, 6.07) is 15.3. The van der Waals surface area contributed by atoms with Gasteiger partial charge in [0.15, 0.2) is 0 Å². The summed E-state index contributed by atoms with van der Waals surface area (Å²) in [5, 5.41) is 1.26. The standard InChI is InChI=1S/C18H19Cl2N/c1-21(2)14-9-12-5-3-4-6-15(12)16(11-14)13-7-8-17(19)18(20)10-13/h3-8,10,14,16H,9,11H2,1-2H3/t14-,16-/m0/s1. The van der Waals surface area contributed by atoms with Crippen LogP contribution >= 0.6 is 23.2 Å². The van der Waals surface area contributed by atoms with Crippen LogP contribution in [0.5, 0.6) is 0 Å². The second-order valence-electron chi connectivity index (χ2n) is 5.98. The van der Waals surface area contributed by atoms with Gasteiger partial charge in [0.25, 0.3) is 0 Å². The predicted molar refractivity (Wildman–Crippen MR) is 90.5 cm³/mol. The molecule has 110 valence electrons. The first-order valence-electron chi connectivity index (χ1n) is 7.25. The maximum absolute atomic E-state index is 6.22. The minimum atomic E-state index is 0.386. The number of nitrogens with zero attached hydrogens (tertiary/aromatic N) is 1. The molecule has 0 amide bonds. The minimum absolute atomic E-state index is 0.386. The largest absolute Gasteiger partial charge is 0.306 e. The second kappa shape index (κ2) is 6.00. The number of likely N-dealkylation sites (N-methyl/N-ethyl adjacent to an activating group) is 1. The summed E-state index contributed by atoms with van der Waals surface area (Å²) in [5.41, 5.74) is 4.12. The predicted octanol–water partition coefficient (Wildman–Crippen LogP) is 5.00. The first-order valence-corrected chi connectivity index (χ1v) is 8.01. The van der Waals surface area contributed by atoms with Gasteiger partial charge < -0.3 is 4.90 Å². The highest BCUT2D eigenvalue weighted by Gasteiger charge is 2.29. The smallest absolute Gasteiger partial charge is 0.0595 e. The molecule has 0 unspecified atom stereocenters. The Bertz CT molecular complexity index is 651. The van der Waals surface area contributed by atoms with Crippen LogP contribution in [-0.4, -0.2) is 25.0 Å². The summed E-state index contributed by atoms with van der Waals surface area (Å²) >= 11 is 12.3. The van der Waals surface area contributed by atoms with E-state index < -0.39 is 0 Å². The summed E-state index contributed by atoms with van der Waals surface area (Å²) in [4.78, 5) is 2.32. The highest BCUT2D eigenvalue weighted by molar-refractivity contribution is 6.42. The lowest BCUT2D eigenvalue weighted by Crippen LogP contribution is -2.35. The molecule has 3 heteroatoms. The Morgan fingerprint density at radius 1 is 1.00 bits per heavy atom. The Balaban J connectivity index is 2.05. The first-order chi connectivity index (χ1) is 10.1. The number of hydrogen-bond acceptors (Lipinski definition) is 1. The average molecular weight is 320 g/mol. The van der Waals surface area contributed by atoms with Gasteiger partial charge in [0.05, 0.1) is 10.0 Å². The van der Waals surface area contributed by atoms with Crippen LogP contribution in [0, 0.1) is 0 Å².